The number of aryl methyl sites for hydroxylation is 3. The maximum absolute atomic E-state index is 5.86. The summed E-state index contributed by atoms with van der Waals surface area (Å²) in [6, 6.07) is 8.13. The van der Waals surface area contributed by atoms with Gasteiger partial charge in [0.2, 0.25) is 0 Å². The van der Waals surface area contributed by atoms with Gasteiger partial charge in [-0.3, -0.25) is 4.90 Å². The molecule has 0 atom stereocenters. The molecule has 0 unspecified atom stereocenters. The molecule has 0 aliphatic carbocycles. The number of aromatic nitrogens is 2. The topological polar surface area (TPSA) is 59.5 Å². The van der Waals surface area contributed by atoms with E-state index in [9.17, 15) is 0 Å². The fourth-order valence-corrected chi connectivity index (χ4v) is 4.47. The zero-order valence-corrected chi connectivity index (χ0v) is 18.1. The van der Waals surface area contributed by atoms with E-state index in [0.29, 0.717) is 13.2 Å². The zero-order chi connectivity index (χ0) is 20.2. The van der Waals surface area contributed by atoms with Crippen molar-refractivity contribution in [2.45, 2.75) is 27.3 Å². The third-order valence-corrected chi connectivity index (χ3v) is 6.33. The summed E-state index contributed by atoms with van der Waals surface area (Å²) in [5.41, 5.74) is 2.49. The van der Waals surface area contributed by atoms with E-state index >= 15 is 0 Å². The van der Waals surface area contributed by atoms with Gasteiger partial charge in [-0.2, -0.15) is 0 Å². The Morgan fingerprint density at radius 3 is 2.62 bits per heavy atom. The van der Waals surface area contributed by atoms with Gasteiger partial charge in [-0.15, -0.1) is 11.3 Å². The summed E-state index contributed by atoms with van der Waals surface area (Å²) in [7, 11) is 0. The maximum atomic E-state index is 5.86. The van der Waals surface area contributed by atoms with Gasteiger partial charge in [0.05, 0.1) is 31.7 Å². The molecule has 1 fully saturated rings. The van der Waals surface area contributed by atoms with Crippen LogP contribution in [0.2, 0.25) is 0 Å². The molecular formula is C22H28N4O2S. The van der Waals surface area contributed by atoms with Crippen molar-refractivity contribution in [2.75, 3.05) is 44.8 Å². The molecule has 2 aromatic heterocycles. The molecule has 29 heavy (non-hydrogen) atoms. The van der Waals surface area contributed by atoms with Crippen LogP contribution in [0.25, 0.3) is 10.2 Å². The standard InChI is InChI=1S/C22H28N4O2S/c1-15-4-6-18(7-5-15)28-11-8-23-21-20-16(2)17(3)29-22(20)25-19(24-21)14-26-9-12-27-13-10-26/h4-7H,8-14H2,1-3H3,(H,23,24,25). The first-order chi connectivity index (χ1) is 14.1. The number of benzene rings is 1. The van der Waals surface area contributed by atoms with Crippen molar-refractivity contribution in [3.8, 4) is 5.75 Å². The second-order valence-electron chi connectivity index (χ2n) is 7.43. The first-order valence-corrected chi connectivity index (χ1v) is 10.9. The van der Waals surface area contributed by atoms with Gasteiger partial charge in [-0.1, -0.05) is 17.7 Å². The van der Waals surface area contributed by atoms with Crippen molar-refractivity contribution in [3.05, 3.63) is 46.1 Å². The van der Waals surface area contributed by atoms with E-state index in [4.69, 9.17) is 19.4 Å². The highest BCUT2D eigenvalue weighted by atomic mass is 32.1. The number of hydrogen-bond donors (Lipinski definition) is 1. The van der Waals surface area contributed by atoms with Gasteiger partial charge in [0.25, 0.3) is 0 Å². The molecule has 1 saturated heterocycles. The van der Waals surface area contributed by atoms with Crippen LogP contribution in [-0.2, 0) is 11.3 Å². The molecular weight excluding hydrogens is 384 g/mol. The molecule has 7 heteroatoms. The number of thiophene rings is 1. The SMILES string of the molecule is Cc1ccc(OCCNc2nc(CN3CCOCC3)nc3sc(C)c(C)c23)cc1. The number of fused-ring (bicyclic) bond motifs is 1. The second kappa shape index (κ2) is 9.07. The highest BCUT2D eigenvalue weighted by Crippen LogP contribution is 2.33. The summed E-state index contributed by atoms with van der Waals surface area (Å²) in [6.45, 7) is 11.8. The Labute approximate surface area is 175 Å². The minimum atomic E-state index is 0.579. The van der Waals surface area contributed by atoms with Gasteiger partial charge in [0.1, 0.15) is 28.8 Å². The van der Waals surface area contributed by atoms with Crippen LogP contribution in [-0.4, -0.2) is 54.3 Å². The Morgan fingerprint density at radius 1 is 1.10 bits per heavy atom. The minimum absolute atomic E-state index is 0.579. The average Bonchev–Trinajstić information content (AvgIpc) is 3.01. The van der Waals surface area contributed by atoms with Gasteiger partial charge in [-0.05, 0) is 38.5 Å². The van der Waals surface area contributed by atoms with Crippen LogP contribution in [0.4, 0.5) is 5.82 Å². The summed E-state index contributed by atoms with van der Waals surface area (Å²) in [5, 5.41) is 4.62. The van der Waals surface area contributed by atoms with E-state index in [1.807, 2.05) is 12.1 Å². The molecule has 4 rings (SSSR count). The van der Waals surface area contributed by atoms with Gasteiger partial charge in [0.15, 0.2) is 0 Å². The second-order valence-corrected chi connectivity index (χ2v) is 8.63. The van der Waals surface area contributed by atoms with E-state index < -0.39 is 0 Å². The predicted molar refractivity (Wildman–Crippen MR) is 118 cm³/mol. The number of anilines is 1. The summed E-state index contributed by atoms with van der Waals surface area (Å²) in [4.78, 5) is 14.4. The molecule has 154 valence electrons. The van der Waals surface area contributed by atoms with E-state index in [1.165, 1.54) is 16.0 Å². The predicted octanol–water partition coefficient (Wildman–Crippen LogP) is 3.94. The lowest BCUT2D eigenvalue weighted by Crippen LogP contribution is -2.36. The number of rotatable bonds is 7. The number of hydrogen-bond acceptors (Lipinski definition) is 7. The van der Waals surface area contributed by atoms with Crippen molar-refractivity contribution in [2.24, 2.45) is 0 Å². The Hall–Kier alpha value is -2.22. The molecule has 1 aromatic carbocycles. The first kappa shape index (κ1) is 20.1. The highest BCUT2D eigenvalue weighted by molar-refractivity contribution is 7.18. The molecule has 3 heterocycles. The molecule has 0 spiro atoms. The molecule has 0 bridgehead atoms. The van der Waals surface area contributed by atoms with E-state index in [2.05, 4.69) is 43.1 Å². The van der Waals surface area contributed by atoms with Crippen LogP contribution in [0, 0.1) is 20.8 Å². The summed E-state index contributed by atoms with van der Waals surface area (Å²) in [6.07, 6.45) is 0. The Kier molecular flexibility index (Phi) is 6.28. The summed E-state index contributed by atoms with van der Waals surface area (Å²) < 4.78 is 11.3. The quantitative estimate of drug-likeness (QED) is 0.593. The van der Waals surface area contributed by atoms with Crippen LogP contribution < -0.4 is 10.1 Å². The molecule has 0 amide bonds. The van der Waals surface area contributed by atoms with Crippen LogP contribution in [0.3, 0.4) is 0 Å². The van der Waals surface area contributed by atoms with Crippen molar-refractivity contribution in [3.63, 3.8) is 0 Å². The zero-order valence-electron chi connectivity index (χ0n) is 17.3. The number of nitrogens with zero attached hydrogens (tertiary/aromatic N) is 3. The number of morpholine rings is 1. The smallest absolute Gasteiger partial charge is 0.146 e. The third-order valence-electron chi connectivity index (χ3n) is 5.23. The van der Waals surface area contributed by atoms with E-state index in [0.717, 1.165) is 60.5 Å². The summed E-state index contributed by atoms with van der Waals surface area (Å²) >= 11 is 1.74. The van der Waals surface area contributed by atoms with Crippen LogP contribution in [0.1, 0.15) is 21.8 Å². The van der Waals surface area contributed by atoms with Gasteiger partial charge < -0.3 is 14.8 Å². The fourth-order valence-electron chi connectivity index (χ4n) is 3.42. The molecule has 1 aliphatic rings. The van der Waals surface area contributed by atoms with Crippen LogP contribution >= 0.6 is 11.3 Å². The molecule has 0 radical (unpaired) electrons. The first-order valence-electron chi connectivity index (χ1n) is 10.1. The lowest BCUT2D eigenvalue weighted by molar-refractivity contribution is 0.0331. The van der Waals surface area contributed by atoms with E-state index in [-0.39, 0.29) is 0 Å². The fraction of sp³-hybridized carbons (Fsp3) is 0.455. The van der Waals surface area contributed by atoms with E-state index in [1.54, 1.807) is 11.3 Å². The molecule has 1 N–H and O–H groups in total. The summed E-state index contributed by atoms with van der Waals surface area (Å²) in [5.74, 6) is 2.66. The van der Waals surface area contributed by atoms with Gasteiger partial charge >= 0.3 is 0 Å². The Morgan fingerprint density at radius 2 is 1.86 bits per heavy atom. The number of nitrogens with one attached hydrogen (secondary N) is 1. The van der Waals surface area contributed by atoms with Crippen LogP contribution in [0.5, 0.6) is 5.75 Å². The largest absolute Gasteiger partial charge is 0.492 e. The van der Waals surface area contributed by atoms with Crippen molar-refractivity contribution < 1.29 is 9.47 Å². The van der Waals surface area contributed by atoms with Gasteiger partial charge in [-0.25, -0.2) is 9.97 Å². The van der Waals surface area contributed by atoms with Crippen molar-refractivity contribution in [1.82, 2.24) is 14.9 Å². The van der Waals surface area contributed by atoms with Crippen LogP contribution in [0.15, 0.2) is 24.3 Å². The Balaban J connectivity index is 1.47. The highest BCUT2D eigenvalue weighted by Gasteiger charge is 2.17. The molecule has 3 aromatic rings. The molecule has 1 aliphatic heterocycles. The lowest BCUT2D eigenvalue weighted by Gasteiger charge is -2.25. The Bertz CT molecular complexity index is 965. The minimum Gasteiger partial charge on any atom is -0.492 e. The average molecular weight is 413 g/mol. The normalized spacial score (nSPS) is 15.0. The number of ether oxygens (including phenoxy) is 2. The third kappa shape index (κ3) is 4.86. The van der Waals surface area contributed by atoms with Crippen molar-refractivity contribution >= 4 is 27.4 Å². The lowest BCUT2D eigenvalue weighted by atomic mass is 10.2. The monoisotopic (exact) mass is 412 g/mol. The van der Waals surface area contributed by atoms with Gasteiger partial charge in [0, 0.05) is 18.0 Å². The maximum Gasteiger partial charge on any atom is 0.146 e. The molecule has 0 saturated carbocycles. The van der Waals surface area contributed by atoms with Crippen molar-refractivity contribution in [1.29, 1.82) is 0 Å². The molecule has 6 nitrogen and oxygen atoms in total.